The van der Waals surface area contributed by atoms with E-state index < -0.39 is 5.97 Å². The Morgan fingerprint density at radius 3 is 2.38 bits per heavy atom. The van der Waals surface area contributed by atoms with Crippen molar-refractivity contribution in [3.63, 3.8) is 0 Å². The van der Waals surface area contributed by atoms with E-state index in [9.17, 15) is 9.59 Å². The molecular weight excluding hydrogens is 486 g/mol. The van der Waals surface area contributed by atoms with E-state index in [0.29, 0.717) is 38.6 Å². The first kappa shape index (κ1) is 23.9. The third-order valence-electron chi connectivity index (χ3n) is 5.51. The summed E-state index contributed by atoms with van der Waals surface area (Å²) in [5, 5.41) is 5.46. The zero-order valence-corrected chi connectivity index (χ0v) is 20.2. The molecule has 0 saturated heterocycles. The van der Waals surface area contributed by atoms with Crippen LogP contribution in [0.3, 0.4) is 0 Å². The molecule has 0 spiro atoms. The van der Waals surface area contributed by atoms with Crippen LogP contribution in [-0.2, 0) is 4.79 Å². The number of carbonyl (C=O) groups is 1. The van der Waals surface area contributed by atoms with Crippen LogP contribution >= 0.6 is 11.6 Å². The zero-order valence-electron chi connectivity index (χ0n) is 19.5. The topological polar surface area (TPSA) is 73.5 Å². The first-order valence-electron chi connectivity index (χ1n) is 11.4. The summed E-state index contributed by atoms with van der Waals surface area (Å²) in [6.45, 7) is 0. The standard InChI is InChI=1S/C30H20ClN3O3/c31-24-17-15-22(16-18-24)29-33-26-12-6-5-11-25(26)30(36)34(29)32-20-23-10-4-7-13-27(23)37-28(35)19-14-21-8-2-1-3-9-21/h1-20H/b19-14+,32-20?. The lowest BCUT2D eigenvalue weighted by Crippen LogP contribution is -2.20. The second-order valence-corrected chi connectivity index (χ2v) is 8.46. The monoisotopic (exact) mass is 505 g/mol. The van der Waals surface area contributed by atoms with E-state index in [1.807, 2.05) is 36.4 Å². The summed E-state index contributed by atoms with van der Waals surface area (Å²) < 4.78 is 6.79. The molecule has 7 heteroatoms. The van der Waals surface area contributed by atoms with E-state index in [0.717, 1.165) is 5.56 Å². The number of fused-ring (bicyclic) bond motifs is 1. The predicted molar refractivity (Wildman–Crippen MR) is 147 cm³/mol. The van der Waals surface area contributed by atoms with Gasteiger partial charge in [-0.25, -0.2) is 9.78 Å². The Morgan fingerprint density at radius 1 is 0.865 bits per heavy atom. The molecule has 0 unspecified atom stereocenters. The van der Waals surface area contributed by atoms with E-state index in [1.165, 1.54) is 17.0 Å². The highest BCUT2D eigenvalue weighted by atomic mass is 35.5. The number of hydrogen-bond donors (Lipinski definition) is 0. The van der Waals surface area contributed by atoms with Gasteiger partial charge in [-0.05, 0) is 60.2 Å². The van der Waals surface area contributed by atoms with Crippen LogP contribution < -0.4 is 10.3 Å². The molecule has 6 nitrogen and oxygen atoms in total. The van der Waals surface area contributed by atoms with Crippen LogP contribution in [0.4, 0.5) is 0 Å². The van der Waals surface area contributed by atoms with Gasteiger partial charge in [-0.3, -0.25) is 4.79 Å². The molecule has 0 aliphatic heterocycles. The highest BCUT2D eigenvalue weighted by Crippen LogP contribution is 2.22. The molecule has 5 rings (SSSR count). The van der Waals surface area contributed by atoms with E-state index in [4.69, 9.17) is 16.3 Å². The van der Waals surface area contributed by atoms with Crippen molar-refractivity contribution in [1.29, 1.82) is 0 Å². The number of benzene rings is 4. The number of para-hydroxylation sites is 2. The molecule has 0 aliphatic rings. The van der Waals surface area contributed by atoms with Crippen molar-refractivity contribution in [2.24, 2.45) is 5.10 Å². The Morgan fingerprint density at radius 2 is 1.57 bits per heavy atom. The molecule has 0 N–H and O–H groups in total. The smallest absolute Gasteiger partial charge is 0.336 e. The highest BCUT2D eigenvalue weighted by Gasteiger charge is 2.13. The molecule has 0 amide bonds. The van der Waals surface area contributed by atoms with Crippen LogP contribution in [0.15, 0.2) is 119 Å². The van der Waals surface area contributed by atoms with Crippen LogP contribution in [0.5, 0.6) is 5.75 Å². The minimum atomic E-state index is -0.531. The Hall–Kier alpha value is -4.81. The minimum absolute atomic E-state index is 0.309. The van der Waals surface area contributed by atoms with Crippen molar-refractivity contribution < 1.29 is 9.53 Å². The molecule has 0 atom stereocenters. The first-order valence-corrected chi connectivity index (χ1v) is 11.8. The maximum Gasteiger partial charge on any atom is 0.336 e. The van der Waals surface area contributed by atoms with Gasteiger partial charge in [0.25, 0.3) is 5.56 Å². The van der Waals surface area contributed by atoms with Gasteiger partial charge < -0.3 is 4.74 Å². The fraction of sp³-hybridized carbons (Fsp3) is 0. The largest absolute Gasteiger partial charge is 0.423 e. The maximum atomic E-state index is 13.4. The zero-order chi connectivity index (χ0) is 25.6. The van der Waals surface area contributed by atoms with Gasteiger partial charge in [0.1, 0.15) is 5.75 Å². The van der Waals surface area contributed by atoms with Crippen molar-refractivity contribution in [2.45, 2.75) is 0 Å². The van der Waals surface area contributed by atoms with Crippen LogP contribution in [0.25, 0.3) is 28.4 Å². The van der Waals surface area contributed by atoms with Gasteiger partial charge in [0.2, 0.25) is 0 Å². The Balaban J connectivity index is 1.50. The molecule has 0 saturated carbocycles. The number of halogens is 1. The number of aromatic nitrogens is 2. The van der Waals surface area contributed by atoms with Crippen molar-refractivity contribution in [3.8, 4) is 17.1 Å². The Labute approximate surface area is 217 Å². The number of nitrogens with zero attached hydrogens (tertiary/aromatic N) is 3. The molecule has 37 heavy (non-hydrogen) atoms. The third kappa shape index (κ3) is 5.55. The molecular formula is C30H20ClN3O3. The summed E-state index contributed by atoms with van der Waals surface area (Å²) in [4.78, 5) is 30.5. The lowest BCUT2D eigenvalue weighted by molar-refractivity contribution is -0.128. The fourth-order valence-corrected chi connectivity index (χ4v) is 3.81. The second kappa shape index (κ2) is 10.8. The average Bonchev–Trinajstić information content (AvgIpc) is 2.93. The Kier molecular flexibility index (Phi) is 7.01. The van der Waals surface area contributed by atoms with Crippen LogP contribution in [0.1, 0.15) is 11.1 Å². The van der Waals surface area contributed by atoms with E-state index in [2.05, 4.69) is 10.1 Å². The SMILES string of the molecule is O=C(/C=C/c1ccccc1)Oc1ccccc1C=Nn1c(-c2ccc(Cl)cc2)nc2ccccc2c1=O. The molecule has 4 aromatic carbocycles. The van der Waals surface area contributed by atoms with Crippen LogP contribution in [0.2, 0.25) is 5.02 Å². The Bertz CT molecular complexity index is 1690. The number of rotatable bonds is 6. The lowest BCUT2D eigenvalue weighted by Gasteiger charge is -2.10. The van der Waals surface area contributed by atoms with Gasteiger partial charge in [0, 0.05) is 22.2 Å². The van der Waals surface area contributed by atoms with Crippen molar-refractivity contribution in [2.75, 3.05) is 0 Å². The molecule has 0 bridgehead atoms. The van der Waals surface area contributed by atoms with E-state index >= 15 is 0 Å². The molecule has 0 fully saturated rings. The molecule has 5 aromatic rings. The summed E-state index contributed by atoms with van der Waals surface area (Å²) in [7, 11) is 0. The quantitative estimate of drug-likeness (QED) is 0.119. The first-order chi connectivity index (χ1) is 18.1. The van der Waals surface area contributed by atoms with Gasteiger partial charge >= 0.3 is 5.97 Å². The summed E-state index contributed by atoms with van der Waals surface area (Å²) in [6.07, 6.45) is 4.51. The summed E-state index contributed by atoms with van der Waals surface area (Å²) in [6, 6.07) is 30.5. The normalized spacial score (nSPS) is 11.4. The lowest BCUT2D eigenvalue weighted by atomic mass is 10.2. The van der Waals surface area contributed by atoms with Gasteiger partial charge in [-0.2, -0.15) is 9.78 Å². The number of hydrogen-bond acceptors (Lipinski definition) is 5. The fourth-order valence-electron chi connectivity index (χ4n) is 3.69. The van der Waals surface area contributed by atoms with Crippen molar-refractivity contribution in [3.05, 3.63) is 136 Å². The van der Waals surface area contributed by atoms with Crippen molar-refractivity contribution in [1.82, 2.24) is 9.66 Å². The van der Waals surface area contributed by atoms with E-state index in [-0.39, 0.29) is 5.56 Å². The molecule has 0 radical (unpaired) electrons. The van der Waals surface area contributed by atoms with E-state index in [1.54, 1.807) is 72.8 Å². The summed E-state index contributed by atoms with van der Waals surface area (Å²) >= 11 is 6.06. The van der Waals surface area contributed by atoms with Crippen LogP contribution in [-0.4, -0.2) is 21.8 Å². The summed E-state index contributed by atoms with van der Waals surface area (Å²) in [5.74, 6) is 0.136. The summed E-state index contributed by atoms with van der Waals surface area (Å²) in [5.41, 5.74) is 2.31. The van der Waals surface area contributed by atoms with Gasteiger partial charge in [0.05, 0.1) is 17.1 Å². The molecule has 0 aliphatic carbocycles. The van der Waals surface area contributed by atoms with Crippen LogP contribution in [0, 0.1) is 0 Å². The molecule has 1 heterocycles. The predicted octanol–water partition coefficient (Wildman–Crippen LogP) is 6.22. The maximum absolute atomic E-state index is 13.4. The minimum Gasteiger partial charge on any atom is -0.423 e. The number of esters is 1. The molecule has 180 valence electrons. The third-order valence-corrected chi connectivity index (χ3v) is 5.76. The van der Waals surface area contributed by atoms with Crippen molar-refractivity contribution >= 4 is 40.8 Å². The second-order valence-electron chi connectivity index (χ2n) is 8.02. The average molecular weight is 506 g/mol. The van der Waals surface area contributed by atoms with Gasteiger partial charge in [-0.1, -0.05) is 66.2 Å². The number of carbonyl (C=O) groups excluding carboxylic acids is 1. The van der Waals surface area contributed by atoms with Gasteiger partial charge in [0.15, 0.2) is 5.82 Å². The molecule has 1 aromatic heterocycles. The highest BCUT2D eigenvalue weighted by molar-refractivity contribution is 6.30. The number of ether oxygens (including phenoxy) is 1. The van der Waals surface area contributed by atoms with Gasteiger partial charge in [-0.15, -0.1) is 0 Å².